The van der Waals surface area contributed by atoms with Gasteiger partial charge >= 0.3 is 6.18 Å². The van der Waals surface area contributed by atoms with E-state index < -0.39 is 12.1 Å². The van der Waals surface area contributed by atoms with Crippen LogP contribution < -0.4 is 5.32 Å². The highest BCUT2D eigenvalue weighted by Gasteiger charge is 2.42. The van der Waals surface area contributed by atoms with E-state index >= 15 is 0 Å². The summed E-state index contributed by atoms with van der Waals surface area (Å²) in [4.78, 5) is 12.4. The molecule has 1 aliphatic carbocycles. The molecular formula is C12H13BrF3NOS. The van der Waals surface area contributed by atoms with Crippen LogP contribution in [0.2, 0.25) is 0 Å². The van der Waals surface area contributed by atoms with E-state index in [0.29, 0.717) is 22.2 Å². The fourth-order valence-electron chi connectivity index (χ4n) is 2.32. The number of rotatable bonds is 2. The second kappa shape index (κ2) is 5.83. The van der Waals surface area contributed by atoms with Gasteiger partial charge in [0.15, 0.2) is 0 Å². The maximum atomic E-state index is 12.7. The van der Waals surface area contributed by atoms with Crippen molar-refractivity contribution in [1.82, 2.24) is 5.32 Å². The molecule has 0 bridgehead atoms. The molecule has 0 radical (unpaired) electrons. The van der Waals surface area contributed by atoms with E-state index in [9.17, 15) is 18.0 Å². The van der Waals surface area contributed by atoms with E-state index in [1.165, 1.54) is 11.3 Å². The third kappa shape index (κ3) is 3.72. The lowest BCUT2D eigenvalue weighted by Crippen LogP contribution is -2.41. The highest BCUT2D eigenvalue weighted by atomic mass is 79.9. The van der Waals surface area contributed by atoms with Gasteiger partial charge in [-0.2, -0.15) is 13.2 Å². The summed E-state index contributed by atoms with van der Waals surface area (Å²) < 4.78 is 38.7. The first-order valence-corrected chi connectivity index (χ1v) is 7.65. The first kappa shape index (κ1) is 14.8. The van der Waals surface area contributed by atoms with Gasteiger partial charge in [0.05, 0.1) is 5.92 Å². The van der Waals surface area contributed by atoms with Crippen molar-refractivity contribution >= 4 is 33.2 Å². The van der Waals surface area contributed by atoms with Gasteiger partial charge in [0.2, 0.25) is 0 Å². The Bertz CT molecular complexity index is 460. The molecule has 0 aromatic carbocycles. The van der Waals surface area contributed by atoms with Gasteiger partial charge in [0, 0.05) is 10.5 Å². The van der Waals surface area contributed by atoms with E-state index in [2.05, 4.69) is 21.2 Å². The molecule has 1 aliphatic rings. The Balaban J connectivity index is 1.96. The van der Waals surface area contributed by atoms with E-state index in [-0.39, 0.29) is 24.8 Å². The summed E-state index contributed by atoms with van der Waals surface area (Å²) in [6.07, 6.45) is -2.90. The highest BCUT2D eigenvalue weighted by Crippen LogP contribution is 2.37. The average molecular weight is 356 g/mol. The molecule has 1 aromatic rings. The predicted molar refractivity (Wildman–Crippen MR) is 71.3 cm³/mol. The number of carbonyl (C=O) groups is 1. The summed E-state index contributed by atoms with van der Waals surface area (Å²) in [6.45, 7) is 0. The Morgan fingerprint density at radius 1 is 1.42 bits per heavy atom. The zero-order chi connectivity index (χ0) is 14.0. The Labute approximate surface area is 121 Å². The molecule has 2 unspecified atom stereocenters. The van der Waals surface area contributed by atoms with Crippen LogP contribution in [0.25, 0.3) is 0 Å². The number of nitrogens with one attached hydrogen (secondary N) is 1. The molecule has 1 saturated carbocycles. The molecule has 0 spiro atoms. The molecule has 2 nitrogen and oxygen atoms in total. The number of amides is 1. The van der Waals surface area contributed by atoms with Crippen molar-refractivity contribution in [2.75, 3.05) is 0 Å². The number of alkyl halides is 3. The van der Waals surface area contributed by atoms with Crippen LogP contribution >= 0.6 is 27.3 Å². The van der Waals surface area contributed by atoms with Crippen molar-refractivity contribution in [1.29, 1.82) is 0 Å². The van der Waals surface area contributed by atoms with Gasteiger partial charge in [0.25, 0.3) is 5.91 Å². The van der Waals surface area contributed by atoms with Gasteiger partial charge in [-0.3, -0.25) is 4.79 Å². The zero-order valence-corrected chi connectivity index (χ0v) is 12.4. The molecule has 106 valence electrons. The Morgan fingerprint density at radius 3 is 2.74 bits per heavy atom. The Hall–Kier alpha value is -0.560. The minimum absolute atomic E-state index is 0.0156. The molecule has 1 amide bonds. The van der Waals surface area contributed by atoms with Crippen LogP contribution in [0, 0.1) is 5.92 Å². The lowest BCUT2D eigenvalue weighted by atomic mass is 9.85. The summed E-state index contributed by atoms with van der Waals surface area (Å²) in [5.41, 5.74) is 0. The van der Waals surface area contributed by atoms with Gasteiger partial charge in [-0.15, -0.1) is 11.3 Å². The Morgan fingerprint density at radius 2 is 2.16 bits per heavy atom. The lowest BCUT2D eigenvalue weighted by molar-refractivity contribution is -0.183. The second-order valence-corrected chi connectivity index (χ2v) is 6.44. The normalized spacial score (nSPS) is 24.2. The largest absolute Gasteiger partial charge is 0.391 e. The third-order valence-corrected chi connectivity index (χ3v) is 5.13. The van der Waals surface area contributed by atoms with Gasteiger partial charge in [-0.1, -0.05) is 6.42 Å². The molecule has 1 aromatic heterocycles. The van der Waals surface area contributed by atoms with Crippen molar-refractivity contribution < 1.29 is 18.0 Å². The van der Waals surface area contributed by atoms with E-state index in [4.69, 9.17) is 0 Å². The summed E-state index contributed by atoms with van der Waals surface area (Å²) in [7, 11) is 0. The van der Waals surface area contributed by atoms with Crippen LogP contribution in [0.1, 0.15) is 35.4 Å². The number of hydrogen-bond donors (Lipinski definition) is 1. The quantitative estimate of drug-likeness (QED) is 0.838. The van der Waals surface area contributed by atoms with Crippen molar-refractivity contribution in [3.8, 4) is 0 Å². The minimum atomic E-state index is -4.16. The topological polar surface area (TPSA) is 29.1 Å². The van der Waals surface area contributed by atoms with Gasteiger partial charge < -0.3 is 5.32 Å². The SMILES string of the molecule is O=C(NC1CCCC(C(F)(F)F)C1)c1sccc1Br. The van der Waals surface area contributed by atoms with E-state index in [1.54, 1.807) is 11.4 Å². The molecule has 19 heavy (non-hydrogen) atoms. The number of carbonyl (C=O) groups excluding carboxylic acids is 1. The summed E-state index contributed by atoms with van der Waals surface area (Å²) in [6, 6.07) is 1.36. The summed E-state index contributed by atoms with van der Waals surface area (Å²) in [5.74, 6) is -1.59. The molecule has 2 rings (SSSR count). The van der Waals surface area contributed by atoms with Crippen LogP contribution in [0.4, 0.5) is 13.2 Å². The van der Waals surface area contributed by atoms with E-state index in [0.717, 1.165) is 0 Å². The Kier molecular flexibility index (Phi) is 4.55. The van der Waals surface area contributed by atoms with Gasteiger partial charge in [-0.25, -0.2) is 0 Å². The van der Waals surface area contributed by atoms with Crippen LogP contribution in [-0.4, -0.2) is 18.1 Å². The van der Waals surface area contributed by atoms with Crippen LogP contribution in [-0.2, 0) is 0 Å². The van der Waals surface area contributed by atoms with E-state index in [1.807, 2.05) is 0 Å². The first-order valence-electron chi connectivity index (χ1n) is 5.98. The van der Waals surface area contributed by atoms with Gasteiger partial charge in [0.1, 0.15) is 4.88 Å². The molecule has 1 fully saturated rings. The zero-order valence-electron chi connectivity index (χ0n) is 9.97. The average Bonchev–Trinajstić information content (AvgIpc) is 2.75. The number of hydrogen-bond acceptors (Lipinski definition) is 2. The smallest absolute Gasteiger partial charge is 0.349 e. The molecule has 0 aliphatic heterocycles. The van der Waals surface area contributed by atoms with Crippen LogP contribution in [0.15, 0.2) is 15.9 Å². The lowest BCUT2D eigenvalue weighted by Gasteiger charge is -2.30. The van der Waals surface area contributed by atoms with Gasteiger partial charge in [-0.05, 0) is 46.6 Å². The fourth-order valence-corrected chi connectivity index (χ4v) is 3.78. The maximum absolute atomic E-state index is 12.7. The highest BCUT2D eigenvalue weighted by molar-refractivity contribution is 9.10. The van der Waals surface area contributed by atoms with Crippen molar-refractivity contribution in [3.05, 3.63) is 20.8 Å². The predicted octanol–water partition coefficient (Wildman–Crippen LogP) is 4.36. The first-order chi connectivity index (χ1) is 8.88. The van der Waals surface area contributed by atoms with Crippen LogP contribution in [0.5, 0.6) is 0 Å². The number of halogens is 4. The maximum Gasteiger partial charge on any atom is 0.391 e. The minimum Gasteiger partial charge on any atom is -0.349 e. The molecule has 0 saturated heterocycles. The standard InChI is InChI=1S/C12H13BrF3NOS/c13-9-4-5-19-10(9)11(18)17-8-3-1-2-7(6-8)12(14,15)16/h4-5,7-8H,1-3,6H2,(H,17,18). The third-order valence-electron chi connectivity index (χ3n) is 3.30. The summed E-state index contributed by atoms with van der Waals surface area (Å²) >= 11 is 4.52. The second-order valence-electron chi connectivity index (χ2n) is 4.67. The van der Waals surface area contributed by atoms with Crippen molar-refractivity contribution in [2.24, 2.45) is 5.92 Å². The number of thiophene rings is 1. The monoisotopic (exact) mass is 355 g/mol. The molecular weight excluding hydrogens is 343 g/mol. The molecule has 1 heterocycles. The summed E-state index contributed by atoms with van der Waals surface area (Å²) in [5, 5.41) is 4.47. The van der Waals surface area contributed by atoms with Crippen molar-refractivity contribution in [3.63, 3.8) is 0 Å². The molecule has 2 atom stereocenters. The molecule has 1 N–H and O–H groups in total. The molecule has 7 heteroatoms. The fraction of sp³-hybridized carbons (Fsp3) is 0.583. The van der Waals surface area contributed by atoms with Crippen LogP contribution in [0.3, 0.4) is 0 Å². The van der Waals surface area contributed by atoms with Crippen molar-refractivity contribution in [2.45, 2.75) is 37.9 Å².